The Balaban J connectivity index is 2.07. The predicted octanol–water partition coefficient (Wildman–Crippen LogP) is 0.424. The van der Waals surface area contributed by atoms with Crippen molar-refractivity contribution in [2.45, 2.75) is 19.0 Å². The normalized spacial score (nSPS) is 22.0. The maximum Gasteiger partial charge on any atom is 0.152 e. The summed E-state index contributed by atoms with van der Waals surface area (Å²) in [5, 5.41) is 3.04. The predicted molar refractivity (Wildman–Crippen MR) is 72.5 cm³/mol. The monoisotopic (exact) mass is 269 g/mol. The van der Waals surface area contributed by atoms with Gasteiger partial charge in [-0.1, -0.05) is 0 Å². The van der Waals surface area contributed by atoms with E-state index in [0.29, 0.717) is 12.2 Å². The first kappa shape index (κ1) is 13.3. The van der Waals surface area contributed by atoms with E-state index in [1.54, 1.807) is 6.20 Å². The van der Waals surface area contributed by atoms with Crippen LogP contribution in [0.3, 0.4) is 0 Å². The van der Waals surface area contributed by atoms with Gasteiger partial charge in [0.1, 0.15) is 0 Å². The summed E-state index contributed by atoms with van der Waals surface area (Å²) in [5.74, 6) is 0.551. The van der Waals surface area contributed by atoms with Crippen LogP contribution in [0.1, 0.15) is 12.1 Å². The van der Waals surface area contributed by atoms with E-state index in [1.807, 2.05) is 31.1 Å². The van der Waals surface area contributed by atoms with E-state index in [9.17, 15) is 8.42 Å². The van der Waals surface area contributed by atoms with Crippen molar-refractivity contribution in [3.63, 3.8) is 0 Å². The van der Waals surface area contributed by atoms with Gasteiger partial charge in [0, 0.05) is 19.6 Å². The number of anilines is 1. The zero-order valence-corrected chi connectivity index (χ0v) is 11.6. The van der Waals surface area contributed by atoms with E-state index in [-0.39, 0.29) is 11.8 Å². The molecule has 1 aliphatic rings. The van der Waals surface area contributed by atoms with Gasteiger partial charge in [0.05, 0.1) is 29.1 Å². The van der Waals surface area contributed by atoms with Crippen molar-refractivity contribution in [2.24, 2.45) is 0 Å². The molecule has 1 unspecified atom stereocenters. The lowest BCUT2D eigenvalue weighted by molar-refractivity contribution is 0.601. The van der Waals surface area contributed by atoms with Crippen molar-refractivity contribution in [3.05, 3.63) is 24.0 Å². The molecule has 1 aliphatic heterocycles. The summed E-state index contributed by atoms with van der Waals surface area (Å²) in [6, 6.07) is 4.03. The highest BCUT2D eigenvalue weighted by atomic mass is 32.2. The molecule has 0 spiro atoms. The average molecular weight is 269 g/mol. The fourth-order valence-corrected chi connectivity index (χ4v) is 3.98. The standard InChI is InChI=1S/C12H19N3O2S/c1-13-7-10-3-4-11(8-14-10)15(2)12-5-6-18(16,17)9-12/h3-4,8,12-13H,5-7,9H2,1-2H3. The van der Waals surface area contributed by atoms with Gasteiger partial charge >= 0.3 is 0 Å². The third-order valence-corrected chi connectivity index (χ3v) is 5.08. The molecule has 6 heteroatoms. The molecular formula is C12H19N3O2S. The Bertz CT molecular complexity index is 499. The van der Waals surface area contributed by atoms with Gasteiger partial charge < -0.3 is 10.2 Å². The lowest BCUT2D eigenvalue weighted by atomic mass is 10.2. The maximum atomic E-state index is 11.5. The van der Waals surface area contributed by atoms with Crippen LogP contribution < -0.4 is 10.2 Å². The fourth-order valence-electron chi connectivity index (χ4n) is 2.20. The number of hydrogen-bond acceptors (Lipinski definition) is 5. The number of rotatable bonds is 4. The van der Waals surface area contributed by atoms with Crippen LogP contribution in [-0.2, 0) is 16.4 Å². The second-order valence-electron chi connectivity index (χ2n) is 4.71. The van der Waals surface area contributed by atoms with Gasteiger partial charge in [-0.3, -0.25) is 4.98 Å². The lowest BCUT2D eigenvalue weighted by Crippen LogP contribution is -2.32. The number of pyridine rings is 1. The summed E-state index contributed by atoms with van der Waals surface area (Å²) in [6.07, 6.45) is 2.51. The van der Waals surface area contributed by atoms with Crippen molar-refractivity contribution >= 4 is 15.5 Å². The number of nitrogens with one attached hydrogen (secondary N) is 1. The zero-order chi connectivity index (χ0) is 13.2. The molecule has 5 nitrogen and oxygen atoms in total. The van der Waals surface area contributed by atoms with Crippen molar-refractivity contribution < 1.29 is 8.42 Å². The van der Waals surface area contributed by atoms with Gasteiger partial charge in [-0.05, 0) is 25.6 Å². The van der Waals surface area contributed by atoms with Crippen LogP contribution >= 0.6 is 0 Å². The highest BCUT2D eigenvalue weighted by molar-refractivity contribution is 7.91. The first-order valence-corrected chi connectivity index (χ1v) is 7.87. The van der Waals surface area contributed by atoms with E-state index < -0.39 is 9.84 Å². The van der Waals surface area contributed by atoms with Crippen molar-refractivity contribution in [1.29, 1.82) is 0 Å². The van der Waals surface area contributed by atoms with Crippen molar-refractivity contribution in [1.82, 2.24) is 10.3 Å². The number of hydrogen-bond donors (Lipinski definition) is 1. The van der Waals surface area contributed by atoms with Gasteiger partial charge in [0.15, 0.2) is 9.84 Å². The number of nitrogens with zero attached hydrogens (tertiary/aromatic N) is 2. The molecule has 0 amide bonds. The fraction of sp³-hybridized carbons (Fsp3) is 0.583. The lowest BCUT2D eigenvalue weighted by Gasteiger charge is -2.25. The van der Waals surface area contributed by atoms with Crippen LogP contribution in [-0.4, -0.2) is 45.0 Å². The first-order chi connectivity index (χ1) is 8.52. The van der Waals surface area contributed by atoms with Gasteiger partial charge in [-0.25, -0.2) is 8.42 Å². The maximum absolute atomic E-state index is 11.5. The molecular weight excluding hydrogens is 250 g/mol. The Labute approximate surface area is 108 Å². The molecule has 100 valence electrons. The number of sulfone groups is 1. The Morgan fingerprint density at radius 1 is 1.50 bits per heavy atom. The third kappa shape index (κ3) is 3.00. The van der Waals surface area contributed by atoms with Gasteiger partial charge in [0.25, 0.3) is 0 Å². The quantitative estimate of drug-likeness (QED) is 0.858. The SMILES string of the molecule is CNCc1ccc(N(C)C2CCS(=O)(=O)C2)cn1. The summed E-state index contributed by atoms with van der Waals surface area (Å²) in [7, 11) is 0.974. The molecule has 18 heavy (non-hydrogen) atoms. The molecule has 1 N–H and O–H groups in total. The van der Waals surface area contributed by atoms with E-state index >= 15 is 0 Å². The summed E-state index contributed by atoms with van der Waals surface area (Å²) >= 11 is 0. The highest BCUT2D eigenvalue weighted by Crippen LogP contribution is 2.22. The minimum atomic E-state index is -2.84. The molecule has 1 saturated heterocycles. The van der Waals surface area contributed by atoms with Crippen molar-refractivity contribution in [3.8, 4) is 0 Å². The van der Waals surface area contributed by atoms with E-state index in [0.717, 1.165) is 17.9 Å². The Morgan fingerprint density at radius 3 is 2.78 bits per heavy atom. The summed E-state index contributed by atoms with van der Waals surface area (Å²) in [6.45, 7) is 0.738. The summed E-state index contributed by atoms with van der Waals surface area (Å²) in [5.41, 5.74) is 1.95. The van der Waals surface area contributed by atoms with Gasteiger partial charge in [-0.15, -0.1) is 0 Å². The largest absolute Gasteiger partial charge is 0.369 e. The van der Waals surface area contributed by atoms with E-state index in [1.165, 1.54) is 0 Å². The smallest absolute Gasteiger partial charge is 0.152 e. The van der Waals surface area contributed by atoms with Crippen LogP contribution in [0.4, 0.5) is 5.69 Å². The molecule has 0 radical (unpaired) electrons. The van der Waals surface area contributed by atoms with Crippen molar-refractivity contribution in [2.75, 3.05) is 30.5 Å². The van der Waals surface area contributed by atoms with Crippen LogP contribution in [0.2, 0.25) is 0 Å². The summed E-state index contributed by atoms with van der Waals surface area (Å²) < 4.78 is 22.9. The Hall–Kier alpha value is -1.14. The van der Waals surface area contributed by atoms with Gasteiger partial charge in [-0.2, -0.15) is 0 Å². The number of aromatic nitrogens is 1. The van der Waals surface area contributed by atoms with Crippen LogP contribution in [0, 0.1) is 0 Å². The molecule has 1 fully saturated rings. The highest BCUT2D eigenvalue weighted by Gasteiger charge is 2.30. The second kappa shape index (κ2) is 5.24. The molecule has 2 rings (SSSR count). The minimum absolute atomic E-state index is 0.0759. The first-order valence-electron chi connectivity index (χ1n) is 6.04. The zero-order valence-electron chi connectivity index (χ0n) is 10.8. The molecule has 1 aromatic rings. The molecule has 0 bridgehead atoms. The molecule has 2 heterocycles. The molecule has 0 saturated carbocycles. The minimum Gasteiger partial charge on any atom is -0.369 e. The Kier molecular flexibility index (Phi) is 3.87. The van der Waals surface area contributed by atoms with E-state index in [4.69, 9.17) is 0 Å². The summed E-state index contributed by atoms with van der Waals surface area (Å²) in [4.78, 5) is 6.36. The van der Waals surface area contributed by atoms with Crippen LogP contribution in [0.5, 0.6) is 0 Å². The molecule has 0 aromatic carbocycles. The third-order valence-electron chi connectivity index (χ3n) is 3.33. The topological polar surface area (TPSA) is 62.3 Å². The molecule has 0 aliphatic carbocycles. The second-order valence-corrected chi connectivity index (χ2v) is 6.93. The van der Waals surface area contributed by atoms with Crippen LogP contribution in [0.25, 0.3) is 0 Å². The molecule has 1 aromatic heterocycles. The Morgan fingerprint density at radius 2 is 2.28 bits per heavy atom. The van der Waals surface area contributed by atoms with E-state index in [2.05, 4.69) is 10.3 Å². The average Bonchev–Trinajstić information content (AvgIpc) is 2.70. The van der Waals surface area contributed by atoms with Crippen LogP contribution in [0.15, 0.2) is 18.3 Å². The molecule has 1 atom stereocenters. The van der Waals surface area contributed by atoms with Gasteiger partial charge in [0.2, 0.25) is 0 Å².